The van der Waals surface area contributed by atoms with Gasteiger partial charge < -0.3 is 0 Å². The molecule has 0 radical (unpaired) electrons. The highest BCUT2D eigenvalue weighted by Gasteiger charge is 2.49. The van der Waals surface area contributed by atoms with Crippen molar-refractivity contribution in [3.63, 3.8) is 0 Å². The molecule has 1 aliphatic heterocycles. The monoisotopic (exact) mass is 495 g/mol. The number of hydrogen-bond donors (Lipinski definition) is 0. The second-order valence-electron chi connectivity index (χ2n) is 6.63. The number of carbonyl (C=O) groups is 2. The number of thioether (sulfide) groups is 1. The molecule has 1 amide bonds. The molecular weight excluding hydrogens is 484 g/mol. The summed E-state index contributed by atoms with van der Waals surface area (Å²) in [4.78, 5) is 28.3. The van der Waals surface area contributed by atoms with Gasteiger partial charge in [-0.3, -0.25) is 14.5 Å². The molecule has 0 saturated carbocycles. The summed E-state index contributed by atoms with van der Waals surface area (Å²) in [5.41, 5.74) is 1.33. The number of amides is 1. The predicted octanol–water partition coefficient (Wildman–Crippen LogP) is 7.12. The van der Waals surface area contributed by atoms with Gasteiger partial charge in [-0.15, -0.1) is 11.8 Å². The van der Waals surface area contributed by atoms with Crippen LogP contribution in [-0.4, -0.2) is 16.9 Å². The maximum atomic E-state index is 13.1. The minimum atomic E-state index is -0.712. The molecule has 4 rings (SSSR count). The summed E-state index contributed by atoms with van der Waals surface area (Å²) in [6, 6.07) is 18.5. The molecule has 1 heterocycles. The van der Waals surface area contributed by atoms with Gasteiger partial charge in [-0.25, -0.2) is 0 Å². The molecule has 1 fully saturated rings. The van der Waals surface area contributed by atoms with Gasteiger partial charge in [-0.2, -0.15) is 0 Å². The Labute approximate surface area is 197 Å². The van der Waals surface area contributed by atoms with Crippen LogP contribution in [0.2, 0.25) is 20.1 Å². The van der Waals surface area contributed by atoms with E-state index in [4.69, 9.17) is 46.4 Å². The fourth-order valence-electron chi connectivity index (χ4n) is 3.36. The van der Waals surface area contributed by atoms with E-state index >= 15 is 0 Å². The van der Waals surface area contributed by atoms with Crippen molar-refractivity contribution in [2.45, 2.75) is 16.2 Å². The number of anilines is 1. The van der Waals surface area contributed by atoms with Crippen LogP contribution in [0.5, 0.6) is 0 Å². The highest BCUT2D eigenvalue weighted by molar-refractivity contribution is 8.01. The zero-order valence-electron chi connectivity index (χ0n) is 15.2. The van der Waals surface area contributed by atoms with E-state index < -0.39 is 23.0 Å². The first-order valence-corrected chi connectivity index (χ1v) is 11.2. The third kappa shape index (κ3) is 4.20. The third-order valence-electron chi connectivity index (χ3n) is 4.70. The minimum absolute atomic E-state index is 0.420. The maximum Gasteiger partial charge on any atom is 0.296 e. The molecule has 8 heteroatoms. The Bertz CT molecular complexity index is 1140. The Balaban J connectivity index is 1.81. The van der Waals surface area contributed by atoms with E-state index in [9.17, 15) is 9.59 Å². The van der Waals surface area contributed by atoms with Crippen molar-refractivity contribution in [1.82, 2.24) is 0 Å². The van der Waals surface area contributed by atoms with Crippen LogP contribution >= 0.6 is 58.2 Å². The zero-order chi connectivity index (χ0) is 21.4. The number of nitrogens with zero attached hydrogens (tertiary/aromatic N) is 1. The Morgan fingerprint density at radius 3 is 2.10 bits per heavy atom. The van der Waals surface area contributed by atoms with Gasteiger partial charge in [-0.1, -0.05) is 64.6 Å². The number of ketones is 1. The molecule has 1 saturated heterocycles. The molecule has 3 aromatic carbocycles. The van der Waals surface area contributed by atoms with E-state index in [1.54, 1.807) is 54.6 Å². The van der Waals surface area contributed by atoms with Crippen LogP contribution in [0, 0.1) is 0 Å². The summed E-state index contributed by atoms with van der Waals surface area (Å²) < 4.78 is 0. The molecule has 3 nitrogen and oxygen atoms in total. The minimum Gasteiger partial charge on any atom is -0.297 e. The molecule has 152 valence electrons. The first-order valence-electron chi connectivity index (χ1n) is 8.85. The first-order chi connectivity index (χ1) is 14.3. The lowest BCUT2D eigenvalue weighted by molar-refractivity contribution is -0.133. The molecule has 0 aliphatic carbocycles. The topological polar surface area (TPSA) is 37.4 Å². The molecule has 0 spiro atoms. The average molecular weight is 497 g/mol. The van der Waals surface area contributed by atoms with Crippen molar-refractivity contribution >= 4 is 75.5 Å². The molecule has 2 atom stereocenters. The number of rotatable bonds is 4. The lowest BCUT2D eigenvalue weighted by atomic mass is 10.0. The van der Waals surface area contributed by atoms with Gasteiger partial charge in [0.15, 0.2) is 0 Å². The second kappa shape index (κ2) is 8.81. The molecule has 30 heavy (non-hydrogen) atoms. The van der Waals surface area contributed by atoms with Gasteiger partial charge in [0.2, 0.25) is 5.78 Å². The number of halogens is 4. The molecule has 0 aromatic heterocycles. The second-order valence-corrected chi connectivity index (χ2v) is 9.53. The van der Waals surface area contributed by atoms with Crippen LogP contribution in [0.25, 0.3) is 0 Å². The first kappa shape index (κ1) is 21.5. The fraction of sp³-hybridized carbons (Fsp3) is 0.0909. The van der Waals surface area contributed by atoms with E-state index in [0.717, 1.165) is 5.56 Å². The van der Waals surface area contributed by atoms with E-state index in [0.29, 0.717) is 30.7 Å². The Morgan fingerprint density at radius 2 is 1.43 bits per heavy atom. The standard InChI is InChI=1S/C22H13Cl4NO2S/c23-13-6-4-12(5-7-13)19-21(30-18-9-8-15(25)11-17(18)26)20(28)22(29)27(19)16-3-1-2-14(24)10-16/h1-11,19,21H. The van der Waals surface area contributed by atoms with Gasteiger partial charge in [0.05, 0.1) is 11.1 Å². The largest absolute Gasteiger partial charge is 0.297 e. The van der Waals surface area contributed by atoms with Gasteiger partial charge in [0, 0.05) is 25.7 Å². The Hall–Kier alpha value is -1.69. The lowest BCUT2D eigenvalue weighted by Crippen LogP contribution is -2.29. The summed E-state index contributed by atoms with van der Waals surface area (Å²) in [6.45, 7) is 0. The van der Waals surface area contributed by atoms with Crippen LogP contribution in [-0.2, 0) is 9.59 Å². The average Bonchev–Trinajstić information content (AvgIpc) is 2.95. The predicted molar refractivity (Wildman–Crippen MR) is 124 cm³/mol. The van der Waals surface area contributed by atoms with Crippen molar-refractivity contribution in [1.29, 1.82) is 0 Å². The maximum absolute atomic E-state index is 13.1. The smallest absolute Gasteiger partial charge is 0.296 e. The number of hydrogen-bond acceptors (Lipinski definition) is 3. The molecule has 0 N–H and O–H groups in total. The van der Waals surface area contributed by atoms with E-state index in [2.05, 4.69) is 0 Å². The van der Waals surface area contributed by atoms with Crippen LogP contribution in [0.4, 0.5) is 5.69 Å². The number of benzene rings is 3. The normalized spacial score (nSPS) is 18.9. The van der Waals surface area contributed by atoms with Gasteiger partial charge in [0.1, 0.15) is 5.25 Å². The highest BCUT2D eigenvalue weighted by Crippen LogP contribution is 2.45. The summed E-state index contributed by atoms with van der Waals surface area (Å²) in [6.07, 6.45) is 0. The Morgan fingerprint density at radius 1 is 0.767 bits per heavy atom. The van der Waals surface area contributed by atoms with Crippen molar-refractivity contribution < 1.29 is 9.59 Å². The van der Waals surface area contributed by atoms with Crippen LogP contribution in [0.1, 0.15) is 11.6 Å². The van der Waals surface area contributed by atoms with Crippen molar-refractivity contribution in [2.24, 2.45) is 0 Å². The summed E-state index contributed by atoms with van der Waals surface area (Å²) in [7, 11) is 0. The number of Topliss-reactive ketones (excluding diaryl/α,β-unsaturated/α-hetero) is 1. The zero-order valence-corrected chi connectivity index (χ0v) is 19.0. The Kier molecular flexibility index (Phi) is 6.33. The van der Waals surface area contributed by atoms with Crippen molar-refractivity contribution in [3.05, 3.63) is 92.4 Å². The fourth-order valence-corrected chi connectivity index (χ4v) is 5.42. The quantitative estimate of drug-likeness (QED) is 0.361. The molecule has 3 aromatic rings. The van der Waals surface area contributed by atoms with Crippen molar-refractivity contribution in [3.8, 4) is 0 Å². The summed E-state index contributed by atoms with van der Waals surface area (Å²) in [5, 5.41) is 1.24. The van der Waals surface area contributed by atoms with Gasteiger partial charge in [-0.05, 0) is 54.1 Å². The molecule has 2 unspecified atom stereocenters. The van der Waals surface area contributed by atoms with Crippen LogP contribution in [0.15, 0.2) is 71.6 Å². The van der Waals surface area contributed by atoms with Gasteiger partial charge >= 0.3 is 0 Å². The van der Waals surface area contributed by atoms with Gasteiger partial charge in [0.25, 0.3) is 5.91 Å². The number of carbonyl (C=O) groups excluding carboxylic acids is 2. The van der Waals surface area contributed by atoms with Crippen LogP contribution < -0.4 is 4.90 Å². The molecule has 1 aliphatic rings. The SMILES string of the molecule is O=C1C(=O)N(c2cccc(Cl)c2)C(c2ccc(Cl)cc2)C1Sc1ccc(Cl)cc1Cl. The molecule has 0 bridgehead atoms. The molecular formula is C22H13Cl4NO2S. The van der Waals surface area contributed by atoms with Crippen LogP contribution in [0.3, 0.4) is 0 Å². The third-order valence-corrected chi connectivity index (χ3v) is 7.18. The van der Waals surface area contributed by atoms with Crippen molar-refractivity contribution in [2.75, 3.05) is 4.90 Å². The lowest BCUT2D eigenvalue weighted by Gasteiger charge is -2.27. The highest BCUT2D eigenvalue weighted by atomic mass is 35.5. The van der Waals surface area contributed by atoms with E-state index in [1.165, 1.54) is 16.7 Å². The summed E-state index contributed by atoms with van der Waals surface area (Å²) >= 11 is 25.8. The van der Waals surface area contributed by atoms with E-state index in [-0.39, 0.29) is 0 Å². The van der Waals surface area contributed by atoms with E-state index in [1.807, 2.05) is 12.1 Å². The summed E-state index contributed by atoms with van der Waals surface area (Å²) in [5.74, 6) is -1.11.